The van der Waals surface area contributed by atoms with Gasteiger partial charge in [0.15, 0.2) is 0 Å². The predicted molar refractivity (Wildman–Crippen MR) is 65.9 cm³/mol. The Hall–Kier alpha value is -0.360. The van der Waals surface area contributed by atoms with Crippen LogP contribution in [0.25, 0.3) is 0 Å². The largest absolute Gasteiger partial charge is 0.480 e. The van der Waals surface area contributed by atoms with Crippen LogP contribution in [0.2, 0.25) is 0 Å². The average Bonchev–Trinajstić information content (AvgIpc) is 3.00. The van der Waals surface area contributed by atoms with Crippen LogP contribution in [0.5, 0.6) is 0 Å². The number of carbonyl (C=O) groups is 2. The highest BCUT2D eigenvalue weighted by molar-refractivity contribution is 8.06. The predicted octanol–water partition coefficient (Wildman–Crippen LogP) is 0.958. The van der Waals surface area contributed by atoms with Crippen molar-refractivity contribution in [2.45, 2.75) is 30.1 Å². The zero-order valence-corrected chi connectivity index (χ0v) is 10.5. The van der Waals surface area contributed by atoms with Crippen molar-refractivity contribution in [2.24, 2.45) is 0 Å². The van der Waals surface area contributed by atoms with Crippen LogP contribution in [0.3, 0.4) is 0 Å². The van der Waals surface area contributed by atoms with Gasteiger partial charge in [0.1, 0.15) is 5.54 Å². The molecule has 1 amide bonds. The molecular weight excluding hydrogens is 246 g/mol. The van der Waals surface area contributed by atoms with Crippen LogP contribution in [-0.4, -0.2) is 45.0 Å². The minimum atomic E-state index is -0.927. The number of carboxylic acids is 1. The molecule has 1 unspecified atom stereocenters. The Labute approximate surface area is 103 Å². The summed E-state index contributed by atoms with van der Waals surface area (Å²) in [4.78, 5) is 22.6. The average molecular weight is 261 g/mol. The van der Waals surface area contributed by atoms with E-state index < -0.39 is 11.5 Å². The number of carboxylic acid groups (broad SMARTS) is 1. The van der Waals surface area contributed by atoms with Crippen LogP contribution < -0.4 is 5.32 Å². The van der Waals surface area contributed by atoms with Gasteiger partial charge in [0, 0.05) is 28.9 Å². The summed E-state index contributed by atoms with van der Waals surface area (Å²) >= 11 is 3.68. The molecule has 1 saturated heterocycles. The number of hydrogen-bond acceptors (Lipinski definition) is 4. The summed E-state index contributed by atoms with van der Waals surface area (Å²) in [7, 11) is 0. The van der Waals surface area contributed by atoms with Gasteiger partial charge in [-0.1, -0.05) is 0 Å². The lowest BCUT2D eigenvalue weighted by molar-refractivity contribution is -0.143. The minimum absolute atomic E-state index is 0.111. The van der Waals surface area contributed by atoms with Crippen molar-refractivity contribution in [3.8, 4) is 0 Å². The van der Waals surface area contributed by atoms with Gasteiger partial charge in [0.25, 0.3) is 0 Å². The van der Waals surface area contributed by atoms with Crippen LogP contribution in [0.15, 0.2) is 0 Å². The van der Waals surface area contributed by atoms with Crippen molar-refractivity contribution >= 4 is 35.4 Å². The van der Waals surface area contributed by atoms with Gasteiger partial charge in [-0.3, -0.25) is 4.79 Å². The highest BCUT2D eigenvalue weighted by Crippen LogP contribution is 2.36. The summed E-state index contributed by atoms with van der Waals surface area (Å²) in [6.07, 6.45) is 1.59. The van der Waals surface area contributed by atoms with Crippen LogP contribution in [0, 0.1) is 0 Å². The molecule has 1 saturated carbocycles. The third-order valence-corrected chi connectivity index (χ3v) is 5.68. The highest BCUT2D eigenvalue weighted by atomic mass is 32.2. The van der Waals surface area contributed by atoms with E-state index in [2.05, 4.69) is 5.32 Å². The van der Waals surface area contributed by atoms with E-state index in [1.807, 2.05) is 23.5 Å². The molecule has 2 fully saturated rings. The summed E-state index contributed by atoms with van der Waals surface area (Å²) < 4.78 is 0. The molecule has 0 aromatic heterocycles. The first-order chi connectivity index (χ1) is 7.62. The first kappa shape index (κ1) is 12.1. The van der Waals surface area contributed by atoms with Crippen molar-refractivity contribution in [1.29, 1.82) is 0 Å². The number of carbonyl (C=O) groups excluding carboxylic acids is 1. The molecule has 1 aliphatic heterocycles. The van der Waals surface area contributed by atoms with Gasteiger partial charge in [0.2, 0.25) is 5.91 Å². The third-order valence-electron chi connectivity index (χ3n) is 2.84. The first-order valence-corrected chi connectivity index (χ1v) is 7.56. The summed E-state index contributed by atoms with van der Waals surface area (Å²) in [5.41, 5.74) is -0.927. The minimum Gasteiger partial charge on any atom is -0.480 e. The molecule has 0 bridgehead atoms. The zero-order chi connectivity index (χ0) is 11.6. The van der Waals surface area contributed by atoms with Gasteiger partial charge in [-0.2, -0.15) is 23.5 Å². The van der Waals surface area contributed by atoms with Crippen molar-refractivity contribution in [1.82, 2.24) is 5.32 Å². The number of thioether (sulfide) groups is 2. The molecule has 1 aliphatic carbocycles. The molecule has 90 valence electrons. The van der Waals surface area contributed by atoms with Gasteiger partial charge in [-0.25, -0.2) is 4.79 Å². The standard InChI is InChI=1S/C10H15NO3S2/c12-8(5-7-6-15-3-4-16-7)11-10(1-2-10)9(13)14/h7H,1-6H2,(H,11,12)(H,13,14). The fraction of sp³-hybridized carbons (Fsp3) is 0.800. The fourth-order valence-corrected chi connectivity index (χ4v) is 4.38. The lowest BCUT2D eigenvalue weighted by Gasteiger charge is -2.21. The highest BCUT2D eigenvalue weighted by Gasteiger charge is 2.51. The molecule has 2 rings (SSSR count). The molecule has 0 spiro atoms. The molecule has 1 heterocycles. The smallest absolute Gasteiger partial charge is 0.329 e. The Bertz CT molecular complexity index is 298. The first-order valence-electron chi connectivity index (χ1n) is 5.36. The quantitative estimate of drug-likeness (QED) is 0.789. The maximum Gasteiger partial charge on any atom is 0.329 e. The summed E-state index contributed by atoms with van der Waals surface area (Å²) in [5.74, 6) is 2.23. The van der Waals surface area contributed by atoms with Gasteiger partial charge >= 0.3 is 5.97 Å². The zero-order valence-electron chi connectivity index (χ0n) is 8.90. The second-order valence-corrected chi connectivity index (χ2v) is 6.77. The van der Waals surface area contributed by atoms with Crippen LogP contribution in [0.1, 0.15) is 19.3 Å². The van der Waals surface area contributed by atoms with Gasteiger partial charge in [-0.15, -0.1) is 0 Å². The number of aliphatic carboxylic acids is 1. The summed E-state index contributed by atoms with van der Waals surface area (Å²) in [6.45, 7) is 0. The molecule has 6 heteroatoms. The Morgan fingerprint density at radius 1 is 1.38 bits per heavy atom. The number of nitrogens with one attached hydrogen (secondary N) is 1. The van der Waals surface area contributed by atoms with E-state index in [9.17, 15) is 9.59 Å². The van der Waals surface area contributed by atoms with E-state index in [1.54, 1.807) is 0 Å². The Morgan fingerprint density at radius 2 is 2.12 bits per heavy atom. The molecule has 2 N–H and O–H groups in total. The summed E-state index contributed by atoms with van der Waals surface area (Å²) in [6, 6.07) is 0. The molecule has 0 aromatic carbocycles. The molecular formula is C10H15NO3S2. The maximum atomic E-state index is 11.7. The van der Waals surface area contributed by atoms with Crippen molar-refractivity contribution in [3.63, 3.8) is 0 Å². The van der Waals surface area contributed by atoms with Crippen molar-refractivity contribution in [3.05, 3.63) is 0 Å². The van der Waals surface area contributed by atoms with E-state index in [0.29, 0.717) is 24.5 Å². The van der Waals surface area contributed by atoms with Crippen molar-refractivity contribution in [2.75, 3.05) is 17.3 Å². The Kier molecular flexibility index (Phi) is 3.69. The molecule has 16 heavy (non-hydrogen) atoms. The summed E-state index contributed by atoms with van der Waals surface area (Å²) in [5, 5.41) is 11.9. The fourth-order valence-electron chi connectivity index (χ4n) is 1.70. The third kappa shape index (κ3) is 2.85. The molecule has 1 atom stereocenters. The van der Waals surface area contributed by atoms with Gasteiger partial charge in [0.05, 0.1) is 0 Å². The van der Waals surface area contributed by atoms with E-state index >= 15 is 0 Å². The van der Waals surface area contributed by atoms with Crippen LogP contribution in [-0.2, 0) is 9.59 Å². The number of hydrogen-bond donors (Lipinski definition) is 2. The van der Waals surface area contributed by atoms with E-state index in [-0.39, 0.29) is 5.91 Å². The van der Waals surface area contributed by atoms with Crippen LogP contribution >= 0.6 is 23.5 Å². The second-order valence-electron chi connectivity index (χ2n) is 4.21. The molecule has 2 aliphatic rings. The van der Waals surface area contributed by atoms with E-state index in [0.717, 1.165) is 17.3 Å². The molecule has 4 nitrogen and oxygen atoms in total. The lowest BCUT2D eigenvalue weighted by Crippen LogP contribution is -2.44. The van der Waals surface area contributed by atoms with Gasteiger partial charge < -0.3 is 10.4 Å². The normalized spacial score (nSPS) is 27.1. The number of rotatable bonds is 4. The lowest BCUT2D eigenvalue weighted by atomic mass is 10.2. The molecule has 0 radical (unpaired) electrons. The Morgan fingerprint density at radius 3 is 2.62 bits per heavy atom. The van der Waals surface area contributed by atoms with E-state index in [4.69, 9.17) is 5.11 Å². The van der Waals surface area contributed by atoms with Crippen molar-refractivity contribution < 1.29 is 14.7 Å². The maximum absolute atomic E-state index is 11.7. The molecule has 0 aromatic rings. The van der Waals surface area contributed by atoms with Crippen LogP contribution in [0.4, 0.5) is 0 Å². The second kappa shape index (κ2) is 4.87. The number of amides is 1. The van der Waals surface area contributed by atoms with Gasteiger partial charge in [-0.05, 0) is 12.8 Å². The van der Waals surface area contributed by atoms with E-state index in [1.165, 1.54) is 0 Å². The SMILES string of the molecule is O=C(CC1CSCCS1)NC1(C(=O)O)CC1. The Balaban J connectivity index is 1.78. The topological polar surface area (TPSA) is 66.4 Å². The monoisotopic (exact) mass is 261 g/mol.